The number of furan rings is 1. The molecule has 1 unspecified atom stereocenters. The number of halogens is 1. The summed E-state index contributed by atoms with van der Waals surface area (Å²) in [5, 5.41) is 2.64. The molecule has 0 saturated carbocycles. The van der Waals surface area contributed by atoms with Crippen LogP contribution >= 0.6 is 0 Å². The van der Waals surface area contributed by atoms with Crippen molar-refractivity contribution in [2.75, 3.05) is 39.3 Å². The summed E-state index contributed by atoms with van der Waals surface area (Å²) >= 11 is 0. The number of fused-ring (bicyclic) bond motifs is 1. The van der Waals surface area contributed by atoms with Gasteiger partial charge in [0.25, 0.3) is 5.91 Å². The lowest BCUT2D eigenvalue weighted by molar-refractivity contribution is -0.133. The largest absolute Gasteiger partial charge is 0.492 e. The van der Waals surface area contributed by atoms with E-state index in [0.29, 0.717) is 44.3 Å². The standard InChI is InChI=1S/C21H23FN4O5/c22-15-3-5-16(6-4-15)31-11-9-24-7-8-25-18(13-24)20(28)26(21(25)29)14-19(27)23-12-17-2-1-10-30-17/h1-6,10,18H,7-9,11-14H2,(H,23,27). The summed E-state index contributed by atoms with van der Waals surface area (Å²) in [6.07, 6.45) is 1.50. The molecule has 164 valence electrons. The Labute approximate surface area is 178 Å². The molecule has 0 spiro atoms. The predicted molar refractivity (Wildman–Crippen MR) is 106 cm³/mol. The molecule has 2 aliphatic rings. The lowest BCUT2D eigenvalue weighted by Crippen LogP contribution is -2.53. The molecule has 1 aromatic heterocycles. The summed E-state index contributed by atoms with van der Waals surface area (Å²) in [5.74, 6) is 0.0270. The van der Waals surface area contributed by atoms with Gasteiger partial charge in [0, 0.05) is 26.2 Å². The van der Waals surface area contributed by atoms with Gasteiger partial charge in [-0.25, -0.2) is 9.18 Å². The first-order valence-electron chi connectivity index (χ1n) is 10.0. The number of amides is 4. The minimum Gasteiger partial charge on any atom is -0.492 e. The summed E-state index contributed by atoms with van der Waals surface area (Å²) in [7, 11) is 0. The van der Waals surface area contributed by atoms with Gasteiger partial charge in [0.1, 0.15) is 36.5 Å². The van der Waals surface area contributed by atoms with Crippen LogP contribution in [-0.4, -0.2) is 77.9 Å². The van der Waals surface area contributed by atoms with E-state index in [-0.39, 0.29) is 24.8 Å². The van der Waals surface area contributed by atoms with E-state index in [9.17, 15) is 18.8 Å². The lowest BCUT2D eigenvalue weighted by atomic mass is 10.2. The maximum atomic E-state index is 12.9. The van der Waals surface area contributed by atoms with Crippen LogP contribution in [0.15, 0.2) is 47.1 Å². The number of ether oxygens (including phenoxy) is 1. The Morgan fingerprint density at radius 2 is 2.00 bits per heavy atom. The van der Waals surface area contributed by atoms with Crippen LogP contribution in [-0.2, 0) is 16.1 Å². The number of hydrogen-bond acceptors (Lipinski definition) is 6. The third-order valence-corrected chi connectivity index (χ3v) is 5.32. The Kier molecular flexibility index (Phi) is 6.17. The maximum Gasteiger partial charge on any atom is 0.328 e. The Morgan fingerprint density at radius 3 is 2.74 bits per heavy atom. The highest BCUT2D eigenvalue weighted by Gasteiger charge is 2.47. The number of benzene rings is 1. The van der Waals surface area contributed by atoms with E-state index in [1.54, 1.807) is 24.3 Å². The molecule has 4 rings (SSSR count). The van der Waals surface area contributed by atoms with E-state index in [0.717, 1.165) is 4.90 Å². The van der Waals surface area contributed by atoms with E-state index < -0.39 is 18.0 Å². The second-order valence-electron chi connectivity index (χ2n) is 7.38. The highest BCUT2D eigenvalue weighted by molar-refractivity contribution is 6.06. The smallest absolute Gasteiger partial charge is 0.328 e. The number of nitrogens with zero attached hydrogens (tertiary/aromatic N) is 3. The molecule has 9 nitrogen and oxygen atoms in total. The van der Waals surface area contributed by atoms with Crippen molar-refractivity contribution in [1.29, 1.82) is 0 Å². The highest BCUT2D eigenvalue weighted by atomic mass is 19.1. The number of rotatable bonds is 8. The average molecular weight is 430 g/mol. The fourth-order valence-electron chi connectivity index (χ4n) is 3.68. The van der Waals surface area contributed by atoms with Crippen molar-refractivity contribution < 1.29 is 27.9 Å². The Morgan fingerprint density at radius 1 is 1.19 bits per heavy atom. The molecule has 0 bridgehead atoms. The van der Waals surface area contributed by atoms with Crippen LogP contribution in [0.25, 0.3) is 0 Å². The number of carbonyl (C=O) groups excluding carboxylic acids is 3. The molecular weight excluding hydrogens is 407 g/mol. The van der Waals surface area contributed by atoms with Gasteiger partial charge in [0.2, 0.25) is 5.91 Å². The number of piperazine rings is 1. The molecular formula is C21H23FN4O5. The summed E-state index contributed by atoms with van der Waals surface area (Å²) in [6, 6.07) is 8.16. The third-order valence-electron chi connectivity index (χ3n) is 5.32. The zero-order valence-corrected chi connectivity index (χ0v) is 16.8. The van der Waals surface area contributed by atoms with Gasteiger partial charge in [-0.1, -0.05) is 0 Å². The summed E-state index contributed by atoms with van der Waals surface area (Å²) in [6.45, 7) is 2.18. The minimum atomic E-state index is -0.607. The maximum absolute atomic E-state index is 12.9. The molecule has 1 N–H and O–H groups in total. The minimum absolute atomic E-state index is 0.191. The molecule has 10 heteroatoms. The third kappa shape index (κ3) is 4.85. The first kappa shape index (κ1) is 20.9. The quantitative estimate of drug-likeness (QED) is 0.630. The van der Waals surface area contributed by atoms with E-state index >= 15 is 0 Å². The van der Waals surface area contributed by atoms with Gasteiger partial charge < -0.3 is 19.4 Å². The summed E-state index contributed by atoms with van der Waals surface area (Å²) in [5.41, 5.74) is 0. The normalized spacial score (nSPS) is 18.9. The van der Waals surface area contributed by atoms with Gasteiger partial charge in [-0.15, -0.1) is 0 Å². The van der Waals surface area contributed by atoms with Crippen LogP contribution in [0.5, 0.6) is 5.75 Å². The van der Waals surface area contributed by atoms with Crippen molar-refractivity contribution in [1.82, 2.24) is 20.0 Å². The molecule has 4 amide bonds. The molecule has 2 aliphatic heterocycles. The number of urea groups is 1. The van der Waals surface area contributed by atoms with Gasteiger partial charge in [-0.05, 0) is 36.4 Å². The average Bonchev–Trinajstić information content (AvgIpc) is 3.37. The van der Waals surface area contributed by atoms with Crippen molar-refractivity contribution in [2.24, 2.45) is 0 Å². The van der Waals surface area contributed by atoms with Crippen LogP contribution in [0.4, 0.5) is 9.18 Å². The van der Waals surface area contributed by atoms with Gasteiger partial charge in [-0.3, -0.25) is 19.4 Å². The highest BCUT2D eigenvalue weighted by Crippen LogP contribution is 2.22. The SMILES string of the molecule is O=C(CN1C(=O)C2CN(CCOc3ccc(F)cc3)CCN2C1=O)NCc1ccco1. The Bertz CT molecular complexity index is 934. The number of imide groups is 1. The van der Waals surface area contributed by atoms with Crippen molar-refractivity contribution >= 4 is 17.8 Å². The fourth-order valence-corrected chi connectivity index (χ4v) is 3.68. The first-order chi connectivity index (χ1) is 15.0. The second-order valence-corrected chi connectivity index (χ2v) is 7.38. The van der Waals surface area contributed by atoms with Crippen molar-refractivity contribution in [2.45, 2.75) is 12.6 Å². The van der Waals surface area contributed by atoms with E-state index in [4.69, 9.17) is 9.15 Å². The molecule has 0 radical (unpaired) electrons. The molecule has 1 atom stereocenters. The summed E-state index contributed by atoms with van der Waals surface area (Å²) < 4.78 is 23.7. The lowest BCUT2D eigenvalue weighted by Gasteiger charge is -2.35. The van der Waals surface area contributed by atoms with Gasteiger partial charge in [0.05, 0.1) is 12.8 Å². The zero-order chi connectivity index (χ0) is 21.8. The van der Waals surface area contributed by atoms with Gasteiger partial charge in [-0.2, -0.15) is 0 Å². The molecule has 2 aromatic rings. The fraction of sp³-hybridized carbons (Fsp3) is 0.381. The molecule has 2 saturated heterocycles. The van der Waals surface area contributed by atoms with Crippen LogP contribution in [0, 0.1) is 5.82 Å². The molecule has 2 fully saturated rings. The van der Waals surface area contributed by atoms with Crippen LogP contribution < -0.4 is 10.1 Å². The van der Waals surface area contributed by atoms with E-state index in [1.807, 2.05) is 4.90 Å². The van der Waals surface area contributed by atoms with Gasteiger partial charge >= 0.3 is 6.03 Å². The Balaban J connectivity index is 1.26. The second kappa shape index (κ2) is 9.17. The first-order valence-corrected chi connectivity index (χ1v) is 10.0. The monoisotopic (exact) mass is 430 g/mol. The molecule has 1 aromatic carbocycles. The number of carbonyl (C=O) groups is 3. The number of hydrogen-bond donors (Lipinski definition) is 1. The van der Waals surface area contributed by atoms with Gasteiger partial charge in [0.15, 0.2) is 0 Å². The van der Waals surface area contributed by atoms with Crippen LogP contribution in [0.1, 0.15) is 5.76 Å². The predicted octanol–water partition coefficient (Wildman–Crippen LogP) is 1.06. The molecule has 31 heavy (non-hydrogen) atoms. The van der Waals surface area contributed by atoms with Crippen LogP contribution in [0.2, 0.25) is 0 Å². The van der Waals surface area contributed by atoms with E-state index in [1.165, 1.54) is 23.3 Å². The summed E-state index contributed by atoms with van der Waals surface area (Å²) in [4.78, 5) is 42.1. The van der Waals surface area contributed by atoms with Crippen molar-refractivity contribution in [3.63, 3.8) is 0 Å². The van der Waals surface area contributed by atoms with Crippen LogP contribution in [0.3, 0.4) is 0 Å². The Hall–Kier alpha value is -3.40. The van der Waals surface area contributed by atoms with Crippen molar-refractivity contribution in [3.05, 3.63) is 54.2 Å². The molecule has 0 aliphatic carbocycles. The number of nitrogens with one attached hydrogen (secondary N) is 1. The topological polar surface area (TPSA) is 95.3 Å². The zero-order valence-electron chi connectivity index (χ0n) is 16.8. The van der Waals surface area contributed by atoms with Crippen molar-refractivity contribution in [3.8, 4) is 5.75 Å². The van der Waals surface area contributed by atoms with E-state index in [2.05, 4.69) is 5.32 Å². The molecule has 3 heterocycles.